The molecule has 0 aliphatic heterocycles. The van der Waals surface area contributed by atoms with Gasteiger partial charge in [0, 0.05) is 12.6 Å². The van der Waals surface area contributed by atoms with Crippen molar-refractivity contribution in [3.63, 3.8) is 0 Å². The fraction of sp³-hybridized carbons (Fsp3) is 0.500. The summed E-state index contributed by atoms with van der Waals surface area (Å²) in [4.78, 5) is 4.50. The first-order valence-corrected chi connectivity index (χ1v) is 6.48. The van der Waals surface area contributed by atoms with E-state index in [4.69, 9.17) is 0 Å². The number of benzene rings is 1. The predicted octanol–water partition coefficient (Wildman–Crippen LogP) is 2.25. The molecule has 0 aliphatic rings. The number of guanidine groups is 1. The smallest absolute Gasteiger partial charge is 0.191 e. The summed E-state index contributed by atoms with van der Waals surface area (Å²) < 4.78 is 0. The van der Waals surface area contributed by atoms with E-state index in [-0.39, 0.29) is 5.75 Å². The summed E-state index contributed by atoms with van der Waals surface area (Å²) in [5, 5.41) is 15.9. The number of nitrogens with zero attached hydrogens (tertiary/aromatic N) is 1. The Morgan fingerprint density at radius 2 is 2.17 bits per heavy atom. The molecule has 18 heavy (non-hydrogen) atoms. The van der Waals surface area contributed by atoms with Gasteiger partial charge in [-0.2, -0.15) is 0 Å². The Balaban J connectivity index is 2.64. The van der Waals surface area contributed by atoms with Gasteiger partial charge in [0.15, 0.2) is 5.96 Å². The van der Waals surface area contributed by atoms with E-state index in [1.807, 2.05) is 19.1 Å². The predicted molar refractivity (Wildman–Crippen MR) is 75.8 cm³/mol. The van der Waals surface area contributed by atoms with Crippen LogP contribution in [0, 0.1) is 0 Å². The van der Waals surface area contributed by atoms with Crippen molar-refractivity contribution in [2.75, 3.05) is 6.54 Å². The van der Waals surface area contributed by atoms with Gasteiger partial charge >= 0.3 is 0 Å². The summed E-state index contributed by atoms with van der Waals surface area (Å²) in [6.45, 7) is 7.70. The van der Waals surface area contributed by atoms with Crippen molar-refractivity contribution in [1.82, 2.24) is 10.6 Å². The first-order chi connectivity index (χ1) is 8.65. The normalized spacial score (nSPS) is 13.2. The van der Waals surface area contributed by atoms with Crippen LogP contribution in [0.1, 0.15) is 32.8 Å². The standard InChI is InChI=1S/C14H23N3O/c1-4-11(3)17-14(15-5-2)16-10-12-7-6-8-13(18)9-12/h6-9,11,18H,4-5,10H2,1-3H3,(H2,15,16,17). The first-order valence-electron chi connectivity index (χ1n) is 6.48. The second-order valence-corrected chi connectivity index (χ2v) is 4.32. The highest BCUT2D eigenvalue weighted by atomic mass is 16.3. The molecule has 3 N–H and O–H groups in total. The Morgan fingerprint density at radius 1 is 1.39 bits per heavy atom. The quantitative estimate of drug-likeness (QED) is 0.554. The molecule has 0 heterocycles. The lowest BCUT2D eigenvalue weighted by atomic mass is 10.2. The minimum atomic E-state index is 0.280. The molecule has 100 valence electrons. The summed E-state index contributed by atoms with van der Waals surface area (Å²) in [5.74, 6) is 1.10. The number of aromatic hydroxyl groups is 1. The largest absolute Gasteiger partial charge is 0.508 e. The lowest BCUT2D eigenvalue weighted by Crippen LogP contribution is -2.41. The number of rotatable bonds is 5. The molecule has 0 radical (unpaired) electrons. The molecule has 0 fully saturated rings. The molecule has 4 heteroatoms. The molecular formula is C14H23N3O. The van der Waals surface area contributed by atoms with Crippen molar-refractivity contribution < 1.29 is 5.11 Å². The van der Waals surface area contributed by atoms with Crippen LogP contribution in [-0.2, 0) is 6.54 Å². The lowest BCUT2D eigenvalue weighted by Gasteiger charge is -2.16. The van der Waals surface area contributed by atoms with Gasteiger partial charge in [0.1, 0.15) is 5.75 Å². The summed E-state index contributed by atoms with van der Waals surface area (Å²) in [7, 11) is 0. The number of phenols is 1. The van der Waals surface area contributed by atoms with Gasteiger partial charge in [-0.3, -0.25) is 0 Å². The first kappa shape index (κ1) is 14.4. The van der Waals surface area contributed by atoms with Gasteiger partial charge < -0.3 is 15.7 Å². The van der Waals surface area contributed by atoms with Crippen LogP contribution < -0.4 is 10.6 Å². The lowest BCUT2D eigenvalue weighted by molar-refractivity contribution is 0.474. The Labute approximate surface area is 109 Å². The van der Waals surface area contributed by atoms with E-state index in [1.54, 1.807) is 12.1 Å². The maximum Gasteiger partial charge on any atom is 0.191 e. The van der Waals surface area contributed by atoms with E-state index in [1.165, 1.54) is 0 Å². The van der Waals surface area contributed by atoms with E-state index in [9.17, 15) is 5.11 Å². The molecule has 0 amide bonds. The Hall–Kier alpha value is -1.71. The van der Waals surface area contributed by atoms with Gasteiger partial charge in [-0.15, -0.1) is 0 Å². The number of nitrogens with one attached hydrogen (secondary N) is 2. The maximum atomic E-state index is 9.39. The van der Waals surface area contributed by atoms with Gasteiger partial charge in [-0.25, -0.2) is 4.99 Å². The van der Waals surface area contributed by atoms with E-state index in [2.05, 4.69) is 29.5 Å². The zero-order valence-electron chi connectivity index (χ0n) is 11.4. The minimum Gasteiger partial charge on any atom is -0.508 e. The van der Waals surface area contributed by atoms with E-state index < -0.39 is 0 Å². The highest BCUT2D eigenvalue weighted by Crippen LogP contribution is 2.11. The van der Waals surface area contributed by atoms with E-state index in [0.717, 1.165) is 24.5 Å². The zero-order chi connectivity index (χ0) is 13.4. The van der Waals surface area contributed by atoms with E-state index >= 15 is 0 Å². The van der Waals surface area contributed by atoms with Gasteiger partial charge in [0.25, 0.3) is 0 Å². The number of hydrogen-bond acceptors (Lipinski definition) is 2. The SMILES string of the molecule is CCNC(=NCc1cccc(O)c1)NC(C)CC. The van der Waals surface area contributed by atoms with Gasteiger partial charge in [-0.05, 0) is 38.0 Å². The second kappa shape index (κ2) is 7.58. The van der Waals surface area contributed by atoms with Crippen LogP contribution in [0.2, 0.25) is 0 Å². The average Bonchev–Trinajstić information content (AvgIpc) is 2.36. The number of hydrogen-bond donors (Lipinski definition) is 3. The zero-order valence-corrected chi connectivity index (χ0v) is 11.4. The minimum absolute atomic E-state index is 0.280. The topological polar surface area (TPSA) is 56.7 Å². The maximum absolute atomic E-state index is 9.39. The third kappa shape index (κ3) is 5.08. The fourth-order valence-electron chi connectivity index (χ4n) is 1.48. The van der Waals surface area contributed by atoms with E-state index in [0.29, 0.717) is 12.6 Å². The van der Waals surface area contributed by atoms with Crippen LogP contribution in [0.15, 0.2) is 29.3 Å². The third-order valence-corrected chi connectivity index (χ3v) is 2.67. The molecular weight excluding hydrogens is 226 g/mol. The van der Waals surface area contributed by atoms with Gasteiger partial charge in [-0.1, -0.05) is 19.1 Å². The molecule has 1 rings (SSSR count). The van der Waals surface area contributed by atoms with Crippen molar-refractivity contribution in [1.29, 1.82) is 0 Å². The molecule has 1 aromatic carbocycles. The summed E-state index contributed by atoms with van der Waals surface area (Å²) >= 11 is 0. The molecule has 1 atom stereocenters. The molecule has 0 aliphatic carbocycles. The molecule has 0 spiro atoms. The summed E-state index contributed by atoms with van der Waals surface area (Å²) in [6.07, 6.45) is 1.05. The monoisotopic (exact) mass is 249 g/mol. The second-order valence-electron chi connectivity index (χ2n) is 4.32. The Bertz CT molecular complexity index is 390. The van der Waals surface area contributed by atoms with Crippen LogP contribution in [0.25, 0.3) is 0 Å². The summed E-state index contributed by atoms with van der Waals surface area (Å²) in [6, 6.07) is 7.57. The molecule has 0 saturated heterocycles. The van der Waals surface area contributed by atoms with Crippen LogP contribution >= 0.6 is 0 Å². The van der Waals surface area contributed by atoms with Crippen molar-refractivity contribution >= 4 is 5.96 Å². The van der Waals surface area contributed by atoms with Crippen molar-refractivity contribution in [2.24, 2.45) is 4.99 Å². The van der Waals surface area contributed by atoms with Crippen molar-refractivity contribution in [2.45, 2.75) is 39.8 Å². The number of phenolic OH excluding ortho intramolecular Hbond substituents is 1. The Kier molecular flexibility index (Phi) is 6.05. The Morgan fingerprint density at radius 3 is 2.78 bits per heavy atom. The molecule has 0 saturated carbocycles. The highest BCUT2D eigenvalue weighted by molar-refractivity contribution is 5.80. The van der Waals surface area contributed by atoms with Crippen LogP contribution in [0.4, 0.5) is 0 Å². The highest BCUT2D eigenvalue weighted by Gasteiger charge is 2.02. The van der Waals surface area contributed by atoms with Gasteiger partial charge in [0.05, 0.1) is 6.54 Å². The summed E-state index contributed by atoms with van der Waals surface area (Å²) in [5.41, 5.74) is 0.997. The fourth-order valence-corrected chi connectivity index (χ4v) is 1.48. The van der Waals surface area contributed by atoms with Gasteiger partial charge in [0.2, 0.25) is 0 Å². The average molecular weight is 249 g/mol. The molecule has 0 bridgehead atoms. The molecule has 1 unspecified atom stereocenters. The van der Waals surface area contributed by atoms with Crippen LogP contribution in [0.5, 0.6) is 5.75 Å². The van der Waals surface area contributed by atoms with Crippen molar-refractivity contribution in [3.05, 3.63) is 29.8 Å². The number of aliphatic imine (C=N–C) groups is 1. The molecule has 1 aromatic rings. The third-order valence-electron chi connectivity index (χ3n) is 2.67. The van der Waals surface area contributed by atoms with Crippen LogP contribution in [-0.4, -0.2) is 23.7 Å². The molecule has 4 nitrogen and oxygen atoms in total. The molecule has 0 aromatic heterocycles. The van der Waals surface area contributed by atoms with Crippen molar-refractivity contribution in [3.8, 4) is 5.75 Å². The van der Waals surface area contributed by atoms with Crippen LogP contribution in [0.3, 0.4) is 0 Å².